The number of aliphatic hydroxyl groups excluding tert-OH is 1. The predicted octanol–water partition coefficient (Wildman–Crippen LogP) is 4.27. The molecular weight excluding hydrogens is 416 g/mol. The first-order chi connectivity index (χ1) is 15.0. The number of halogens is 1. The molecule has 2 aromatic carbocycles. The zero-order valence-corrected chi connectivity index (χ0v) is 17.7. The number of nitriles is 1. The van der Waals surface area contributed by atoms with Crippen molar-refractivity contribution in [2.45, 2.75) is 20.0 Å². The van der Waals surface area contributed by atoms with Crippen molar-refractivity contribution in [2.24, 2.45) is 0 Å². The molecule has 0 spiro atoms. The number of nitrogens with zero attached hydrogens (tertiary/aromatic N) is 6. The van der Waals surface area contributed by atoms with Crippen molar-refractivity contribution in [3.05, 3.63) is 71.0 Å². The van der Waals surface area contributed by atoms with Crippen molar-refractivity contribution in [2.75, 3.05) is 11.4 Å². The third-order valence-corrected chi connectivity index (χ3v) is 5.23. The first-order valence-corrected chi connectivity index (χ1v) is 9.94. The van der Waals surface area contributed by atoms with E-state index < -0.39 is 6.10 Å². The van der Waals surface area contributed by atoms with E-state index in [1.54, 1.807) is 41.8 Å². The molecule has 9 heteroatoms. The van der Waals surface area contributed by atoms with E-state index in [1.807, 2.05) is 36.5 Å². The maximum Gasteiger partial charge on any atom is 0.323 e. The van der Waals surface area contributed by atoms with Crippen molar-refractivity contribution in [1.82, 2.24) is 20.0 Å². The monoisotopic (exact) mass is 434 g/mol. The van der Waals surface area contributed by atoms with Crippen LogP contribution in [0.3, 0.4) is 0 Å². The number of aliphatic hydroxyl groups is 1. The molecule has 1 atom stereocenters. The number of hydrogen-bond acceptors (Lipinski definition) is 7. The van der Waals surface area contributed by atoms with Gasteiger partial charge in [0, 0.05) is 23.6 Å². The zero-order valence-electron chi connectivity index (χ0n) is 16.9. The summed E-state index contributed by atoms with van der Waals surface area (Å²) in [5.74, 6) is 0.343. The third-order valence-electron chi connectivity index (χ3n) is 4.74. The average Bonchev–Trinajstić information content (AvgIpc) is 3.47. The van der Waals surface area contributed by atoms with Crippen molar-refractivity contribution >= 4 is 23.3 Å². The van der Waals surface area contributed by atoms with Crippen molar-refractivity contribution < 1.29 is 9.52 Å². The molecule has 0 aliphatic rings. The Hall–Kier alpha value is -3.67. The van der Waals surface area contributed by atoms with Crippen molar-refractivity contribution in [1.29, 1.82) is 5.26 Å². The summed E-state index contributed by atoms with van der Waals surface area (Å²) in [5.41, 5.74) is 3.40. The first kappa shape index (κ1) is 20.6. The zero-order chi connectivity index (χ0) is 22.0. The highest BCUT2D eigenvalue weighted by atomic mass is 35.5. The molecule has 0 aliphatic carbocycles. The molecule has 2 aromatic heterocycles. The Labute approximate surface area is 183 Å². The van der Waals surface area contributed by atoms with Crippen LogP contribution in [0, 0.1) is 18.3 Å². The molecule has 156 valence electrons. The normalized spacial score (nSPS) is 11.8. The molecule has 1 N–H and O–H groups in total. The molecule has 4 rings (SSSR count). The van der Waals surface area contributed by atoms with Crippen molar-refractivity contribution in [3.63, 3.8) is 0 Å². The summed E-state index contributed by atoms with van der Waals surface area (Å²) >= 11 is 6.34. The molecule has 0 amide bonds. The minimum atomic E-state index is -0.669. The summed E-state index contributed by atoms with van der Waals surface area (Å²) in [6.07, 6.45) is 2.91. The van der Waals surface area contributed by atoms with Crippen LogP contribution in [0.25, 0.3) is 17.1 Å². The largest absolute Gasteiger partial charge is 0.403 e. The van der Waals surface area contributed by atoms with E-state index >= 15 is 0 Å². The second-order valence-electron chi connectivity index (χ2n) is 7.03. The van der Waals surface area contributed by atoms with E-state index in [4.69, 9.17) is 16.0 Å². The average molecular weight is 435 g/mol. The molecule has 0 bridgehead atoms. The molecule has 0 aliphatic heterocycles. The van der Waals surface area contributed by atoms with Gasteiger partial charge in [-0.15, -0.1) is 5.10 Å². The quantitative estimate of drug-likeness (QED) is 0.483. The summed E-state index contributed by atoms with van der Waals surface area (Å²) in [4.78, 5) is 1.70. The van der Waals surface area contributed by atoms with Gasteiger partial charge in [-0.2, -0.15) is 10.4 Å². The Kier molecular flexibility index (Phi) is 5.71. The minimum absolute atomic E-state index is 0.211. The minimum Gasteiger partial charge on any atom is -0.403 e. The van der Waals surface area contributed by atoms with Crippen LogP contribution in [0.5, 0.6) is 0 Å². The van der Waals surface area contributed by atoms with Gasteiger partial charge in [0.2, 0.25) is 5.89 Å². The number of aromatic nitrogens is 4. The predicted molar refractivity (Wildman–Crippen MR) is 116 cm³/mol. The molecule has 4 aromatic rings. The Balaban J connectivity index is 1.68. The fraction of sp³-hybridized carbons (Fsp3) is 0.182. The fourth-order valence-corrected chi connectivity index (χ4v) is 3.42. The van der Waals surface area contributed by atoms with Gasteiger partial charge in [0.25, 0.3) is 0 Å². The second kappa shape index (κ2) is 8.60. The number of rotatable bonds is 6. The van der Waals surface area contributed by atoms with Crippen LogP contribution in [0.2, 0.25) is 5.02 Å². The van der Waals surface area contributed by atoms with Gasteiger partial charge in [0.1, 0.15) is 6.07 Å². The molecule has 1 unspecified atom stereocenters. The lowest BCUT2D eigenvalue weighted by Gasteiger charge is -2.24. The van der Waals surface area contributed by atoms with Gasteiger partial charge in [-0.05, 0) is 61.9 Å². The lowest BCUT2D eigenvalue weighted by Crippen LogP contribution is -2.27. The summed E-state index contributed by atoms with van der Waals surface area (Å²) in [7, 11) is 0. The number of hydrogen-bond donors (Lipinski definition) is 1. The second-order valence-corrected chi connectivity index (χ2v) is 7.41. The fourth-order valence-electron chi connectivity index (χ4n) is 3.22. The molecule has 0 fully saturated rings. The van der Waals surface area contributed by atoms with E-state index in [-0.39, 0.29) is 12.6 Å². The highest BCUT2D eigenvalue weighted by Crippen LogP contribution is 2.34. The van der Waals surface area contributed by atoms with Gasteiger partial charge in [-0.3, -0.25) is 4.90 Å². The summed E-state index contributed by atoms with van der Waals surface area (Å²) in [6.45, 7) is 3.68. The van der Waals surface area contributed by atoms with Gasteiger partial charge < -0.3 is 9.52 Å². The molecule has 0 radical (unpaired) electrons. The Bertz CT molecular complexity index is 1230. The van der Waals surface area contributed by atoms with Crippen LogP contribution in [-0.2, 0) is 0 Å². The summed E-state index contributed by atoms with van der Waals surface area (Å²) in [5, 5.41) is 32.1. The van der Waals surface area contributed by atoms with E-state index in [1.165, 1.54) is 0 Å². The van der Waals surface area contributed by atoms with Crippen LogP contribution in [0.15, 0.2) is 59.3 Å². The number of anilines is 2. The summed E-state index contributed by atoms with van der Waals surface area (Å²) in [6, 6.07) is 15.1. The first-order valence-electron chi connectivity index (χ1n) is 9.56. The van der Waals surface area contributed by atoms with Crippen LogP contribution in [0.1, 0.15) is 18.1 Å². The third kappa shape index (κ3) is 4.14. The molecule has 8 nitrogen and oxygen atoms in total. The Morgan fingerprint density at radius 2 is 2.00 bits per heavy atom. The lowest BCUT2D eigenvalue weighted by molar-refractivity contribution is 0.201. The van der Waals surface area contributed by atoms with Gasteiger partial charge in [0.15, 0.2) is 0 Å². The highest BCUT2D eigenvalue weighted by molar-refractivity contribution is 6.32. The maximum absolute atomic E-state index is 10.0. The smallest absolute Gasteiger partial charge is 0.323 e. The standard InChI is InChI=1S/C22H19ClN6O2/c1-14(30)13-28(19-9-6-17(12-24)20(23)15(19)2)22-27-26-21(31-22)16-4-7-18(8-5-16)29-11-3-10-25-29/h3-11,14,30H,13H2,1-2H3. The maximum atomic E-state index is 10.0. The SMILES string of the molecule is Cc1c(N(CC(C)O)c2nnc(-c3ccc(-n4cccn4)cc3)o2)ccc(C#N)c1Cl. The van der Waals surface area contributed by atoms with Gasteiger partial charge in [-0.25, -0.2) is 4.68 Å². The molecule has 31 heavy (non-hydrogen) atoms. The Morgan fingerprint density at radius 3 is 2.65 bits per heavy atom. The highest BCUT2D eigenvalue weighted by Gasteiger charge is 2.22. The van der Waals surface area contributed by atoms with Crippen LogP contribution in [-0.4, -0.2) is 37.7 Å². The molecule has 0 saturated carbocycles. The van der Waals surface area contributed by atoms with Crippen molar-refractivity contribution in [3.8, 4) is 23.2 Å². The van der Waals surface area contributed by atoms with Gasteiger partial charge in [-0.1, -0.05) is 16.7 Å². The molecule has 0 saturated heterocycles. The van der Waals surface area contributed by atoms with Crippen LogP contribution in [0.4, 0.5) is 11.7 Å². The van der Waals surface area contributed by atoms with E-state index in [9.17, 15) is 10.4 Å². The van der Waals surface area contributed by atoms with Gasteiger partial charge in [0.05, 0.1) is 28.9 Å². The van der Waals surface area contributed by atoms with Crippen LogP contribution >= 0.6 is 11.6 Å². The summed E-state index contributed by atoms with van der Waals surface area (Å²) < 4.78 is 7.69. The number of benzene rings is 2. The molecular formula is C22H19ClN6O2. The van der Waals surface area contributed by atoms with E-state index in [0.717, 1.165) is 11.3 Å². The topological polar surface area (TPSA) is 104 Å². The Morgan fingerprint density at radius 1 is 1.23 bits per heavy atom. The lowest BCUT2D eigenvalue weighted by atomic mass is 10.1. The molecule has 2 heterocycles. The van der Waals surface area contributed by atoms with E-state index in [0.29, 0.717) is 27.7 Å². The van der Waals surface area contributed by atoms with E-state index in [2.05, 4.69) is 21.4 Å². The van der Waals surface area contributed by atoms with Gasteiger partial charge >= 0.3 is 6.01 Å². The van der Waals surface area contributed by atoms with Crippen LogP contribution < -0.4 is 4.90 Å².